The Morgan fingerprint density at radius 1 is 1.25 bits per heavy atom. The van der Waals surface area contributed by atoms with E-state index in [1.165, 1.54) is 11.1 Å². The quantitative estimate of drug-likeness (QED) is 0.653. The predicted octanol–water partition coefficient (Wildman–Crippen LogP) is 4.17. The van der Waals surface area contributed by atoms with Crippen LogP contribution in [-0.2, 0) is 13.6 Å². The first-order valence-corrected chi connectivity index (χ1v) is 10.3. The largest absolute Gasteiger partial charge is 0.410 e. The van der Waals surface area contributed by atoms with Crippen LogP contribution in [0.4, 0.5) is 19.0 Å². The van der Waals surface area contributed by atoms with Crippen LogP contribution >= 0.6 is 0 Å². The Morgan fingerprint density at radius 3 is 2.53 bits per heavy atom. The van der Waals surface area contributed by atoms with Gasteiger partial charge in [-0.3, -0.25) is 9.48 Å². The van der Waals surface area contributed by atoms with E-state index in [1.54, 1.807) is 36.0 Å². The molecule has 1 aliphatic rings. The number of hydrogen-bond acceptors (Lipinski definition) is 4. The molecule has 0 aliphatic carbocycles. The van der Waals surface area contributed by atoms with Gasteiger partial charge in [-0.05, 0) is 19.4 Å². The normalized spacial score (nSPS) is 18.2. The molecular weight excluding hydrogens is 421 g/mol. The molecule has 0 saturated carbocycles. The standard InChI is InChI=1S/C22H25F3N6O/c1-13-17(14(2)30(4)28-13)12-29(3)21(32)16-11-26-31-19(22(23,24)25)10-18(27-20(16)31)15-8-6-5-7-9-15/h5-9,11,18-19,27H,10,12H2,1-4H3/t18-,19-/m1/s1. The molecular formula is C22H25F3N6O. The van der Waals surface area contributed by atoms with Crippen molar-refractivity contribution in [1.29, 1.82) is 0 Å². The summed E-state index contributed by atoms with van der Waals surface area (Å²) in [5.41, 5.74) is 3.48. The van der Waals surface area contributed by atoms with Gasteiger partial charge in [0.15, 0.2) is 6.04 Å². The molecule has 0 bridgehead atoms. The molecule has 1 amide bonds. The van der Waals surface area contributed by atoms with Crippen molar-refractivity contribution in [1.82, 2.24) is 24.5 Å². The zero-order chi connectivity index (χ0) is 23.2. The highest BCUT2D eigenvalue weighted by molar-refractivity contribution is 5.98. The number of fused-ring (bicyclic) bond motifs is 1. The summed E-state index contributed by atoms with van der Waals surface area (Å²) >= 11 is 0. The minimum Gasteiger partial charge on any atom is -0.363 e. The van der Waals surface area contributed by atoms with E-state index in [0.29, 0.717) is 6.54 Å². The molecule has 4 rings (SSSR count). The van der Waals surface area contributed by atoms with Gasteiger partial charge < -0.3 is 10.2 Å². The van der Waals surface area contributed by atoms with Gasteiger partial charge in [-0.2, -0.15) is 23.4 Å². The molecule has 32 heavy (non-hydrogen) atoms. The fraction of sp³-hybridized carbons (Fsp3) is 0.409. The molecule has 0 fully saturated rings. The number of carbonyl (C=O) groups is 1. The van der Waals surface area contributed by atoms with Gasteiger partial charge in [0, 0.05) is 38.3 Å². The first-order valence-electron chi connectivity index (χ1n) is 10.3. The number of rotatable bonds is 4. The second-order valence-corrected chi connectivity index (χ2v) is 8.19. The van der Waals surface area contributed by atoms with E-state index in [9.17, 15) is 18.0 Å². The monoisotopic (exact) mass is 446 g/mol. The van der Waals surface area contributed by atoms with E-state index in [2.05, 4.69) is 15.5 Å². The summed E-state index contributed by atoms with van der Waals surface area (Å²) in [4.78, 5) is 14.7. The number of hydrogen-bond donors (Lipinski definition) is 1. The smallest absolute Gasteiger partial charge is 0.363 e. The van der Waals surface area contributed by atoms with E-state index in [1.807, 2.05) is 27.0 Å². The Hall–Kier alpha value is -3.30. The van der Waals surface area contributed by atoms with Gasteiger partial charge in [0.25, 0.3) is 5.91 Å². The highest BCUT2D eigenvalue weighted by atomic mass is 19.4. The lowest BCUT2D eigenvalue weighted by atomic mass is 9.96. The lowest BCUT2D eigenvalue weighted by molar-refractivity contribution is -0.173. The molecule has 0 unspecified atom stereocenters. The van der Waals surface area contributed by atoms with Crippen molar-refractivity contribution in [3.63, 3.8) is 0 Å². The lowest BCUT2D eigenvalue weighted by Gasteiger charge is -2.34. The molecule has 1 aromatic carbocycles. The summed E-state index contributed by atoms with van der Waals surface area (Å²) in [5, 5.41) is 11.4. The van der Waals surface area contributed by atoms with Gasteiger partial charge in [-0.1, -0.05) is 30.3 Å². The number of halogens is 3. The average Bonchev–Trinajstić information content (AvgIpc) is 3.28. The number of aromatic nitrogens is 4. The van der Waals surface area contributed by atoms with Crippen molar-refractivity contribution < 1.29 is 18.0 Å². The average molecular weight is 446 g/mol. The maximum atomic E-state index is 13.9. The molecule has 0 saturated heterocycles. The molecule has 3 aromatic rings. The molecule has 1 N–H and O–H groups in total. The summed E-state index contributed by atoms with van der Waals surface area (Å²) < 4.78 is 44.2. The number of nitrogens with one attached hydrogen (secondary N) is 1. The van der Waals surface area contributed by atoms with Crippen molar-refractivity contribution in [3.05, 3.63) is 64.6 Å². The van der Waals surface area contributed by atoms with Crippen LogP contribution in [0.5, 0.6) is 0 Å². The highest BCUT2D eigenvalue weighted by Crippen LogP contribution is 2.44. The summed E-state index contributed by atoms with van der Waals surface area (Å²) in [6, 6.07) is 6.51. The Morgan fingerprint density at radius 2 is 1.94 bits per heavy atom. The highest BCUT2D eigenvalue weighted by Gasteiger charge is 2.47. The zero-order valence-corrected chi connectivity index (χ0v) is 18.3. The minimum atomic E-state index is -4.49. The number of benzene rings is 1. The Bertz CT molecular complexity index is 1130. The van der Waals surface area contributed by atoms with Crippen LogP contribution in [0.15, 0.2) is 36.5 Å². The van der Waals surface area contributed by atoms with E-state index < -0.39 is 24.2 Å². The first-order chi connectivity index (χ1) is 15.1. The second kappa shape index (κ2) is 7.99. The first kappa shape index (κ1) is 21.9. The lowest BCUT2D eigenvalue weighted by Crippen LogP contribution is -2.36. The van der Waals surface area contributed by atoms with Gasteiger partial charge in [0.1, 0.15) is 11.4 Å². The number of alkyl halides is 3. The Balaban J connectivity index is 1.67. The van der Waals surface area contributed by atoms with E-state index in [0.717, 1.165) is 27.2 Å². The van der Waals surface area contributed by atoms with Crippen molar-refractivity contribution in [2.45, 2.75) is 45.1 Å². The molecule has 3 heterocycles. The van der Waals surface area contributed by atoms with Crippen LogP contribution in [0, 0.1) is 13.8 Å². The van der Waals surface area contributed by atoms with E-state index in [4.69, 9.17) is 0 Å². The van der Waals surface area contributed by atoms with Crippen LogP contribution in [0.2, 0.25) is 0 Å². The summed E-state index contributed by atoms with van der Waals surface area (Å²) in [7, 11) is 3.45. The number of carbonyl (C=O) groups excluding carboxylic acids is 1. The molecule has 7 nitrogen and oxygen atoms in total. The number of aryl methyl sites for hydroxylation is 2. The molecule has 0 radical (unpaired) electrons. The fourth-order valence-electron chi connectivity index (χ4n) is 4.18. The summed E-state index contributed by atoms with van der Waals surface area (Å²) in [5.74, 6) is -0.319. The molecule has 1 aliphatic heterocycles. The Kier molecular flexibility index (Phi) is 5.47. The van der Waals surface area contributed by atoms with Crippen molar-refractivity contribution >= 4 is 11.7 Å². The number of amides is 1. The van der Waals surface area contributed by atoms with Gasteiger partial charge in [-0.15, -0.1) is 0 Å². The Labute approximate surface area is 183 Å². The molecule has 2 aromatic heterocycles. The molecule has 10 heteroatoms. The van der Waals surface area contributed by atoms with E-state index in [-0.39, 0.29) is 17.8 Å². The van der Waals surface area contributed by atoms with Crippen LogP contribution in [0.3, 0.4) is 0 Å². The third kappa shape index (κ3) is 3.85. The van der Waals surface area contributed by atoms with Crippen LogP contribution < -0.4 is 5.32 Å². The maximum absolute atomic E-state index is 13.9. The maximum Gasteiger partial charge on any atom is 0.410 e. The topological polar surface area (TPSA) is 68.0 Å². The number of nitrogens with zero attached hydrogens (tertiary/aromatic N) is 5. The number of anilines is 1. The third-order valence-electron chi connectivity index (χ3n) is 6.07. The van der Waals surface area contributed by atoms with E-state index >= 15 is 0 Å². The van der Waals surface area contributed by atoms with Crippen LogP contribution in [-0.4, -0.2) is 43.6 Å². The minimum absolute atomic E-state index is 0.0870. The van der Waals surface area contributed by atoms with Crippen molar-refractivity contribution in [3.8, 4) is 0 Å². The fourth-order valence-corrected chi connectivity index (χ4v) is 4.18. The third-order valence-corrected chi connectivity index (χ3v) is 6.07. The van der Waals surface area contributed by atoms with Crippen molar-refractivity contribution in [2.24, 2.45) is 7.05 Å². The molecule has 0 spiro atoms. The zero-order valence-electron chi connectivity index (χ0n) is 18.3. The van der Waals surface area contributed by atoms with Gasteiger partial charge >= 0.3 is 6.18 Å². The predicted molar refractivity (Wildman–Crippen MR) is 113 cm³/mol. The van der Waals surface area contributed by atoms with Crippen LogP contribution in [0.1, 0.15) is 51.4 Å². The van der Waals surface area contributed by atoms with Gasteiger partial charge in [-0.25, -0.2) is 4.68 Å². The summed E-state index contributed by atoms with van der Waals surface area (Å²) in [6.45, 7) is 4.07. The molecule has 2 atom stereocenters. The van der Waals surface area contributed by atoms with Gasteiger partial charge in [0.05, 0.1) is 17.9 Å². The SMILES string of the molecule is Cc1nn(C)c(C)c1CN(C)C(=O)c1cnn2c1N[C@@H](c1ccccc1)C[C@@H]2C(F)(F)F. The summed E-state index contributed by atoms with van der Waals surface area (Å²) in [6.07, 6.45) is -3.48. The second-order valence-electron chi connectivity index (χ2n) is 8.19. The van der Waals surface area contributed by atoms with Gasteiger partial charge in [0.2, 0.25) is 0 Å². The molecule has 170 valence electrons. The van der Waals surface area contributed by atoms with Crippen molar-refractivity contribution in [2.75, 3.05) is 12.4 Å². The van der Waals surface area contributed by atoms with Crippen LogP contribution in [0.25, 0.3) is 0 Å².